The van der Waals surface area contributed by atoms with Gasteiger partial charge in [-0.2, -0.15) is 0 Å². The maximum Gasteiger partial charge on any atom is 0.482 e. The first kappa shape index (κ1) is 23.7. The highest BCUT2D eigenvalue weighted by Crippen LogP contribution is 2.65. The van der Waals surface area contributed by atoms with Crippen molar-refractivity contribution in [1.29, 1.82) is 0 Å². The molecule has 6 aliphatic rings. The number of benzene rings is 1. The molecule has 3 saturated heterocycles. The van der Waals surface area contributed by atoms with Crippen molar-refractivity contribution in [3.63, 3.8) is 0 Å². The Bertz CT molecular complexity index is 1250. The molecule has 1 aromatic carbocycles. The first-order chi connectivity index (χ1) is 17.7. The lowest BCUT2D eigenvalue weighted by Crippen LogP contribution is -2.65. The van der Waals surface area contributed by atoms with Crippen molar-refractivity contribution in [2.75, 3.05) is 0 Å². The molecule has 4 bridgehead atoms. The van der Waals surface area contributed by atoms with Gasteiger partial charge in [-0.15, -0.1) is 0 Å². The molecule has 2 aromatic rings. The summed E-state index contributed by atoms with van der Waals surface area (Å²) >= 11 is 0. The van der Waals surface area contributed by atoms with Gasteiger partial charge in [-0.25, -0.2) is 0 Å². The minimum atomic E-state index is -0.669. The molecule has 37 heavy (non-hydrogen) atoms. The molecule has 2 amide bonds. The van der Waals surface area contributed by atoms with Crippen LogP contribution in [0.1, 0.15) is 58.4 Å². The number of hydrogen-bond donors (Lipinski definition) is 2. The molecule has 8 nitrogen and oxygen atoms in total. The lowest BCUT2D eigenvalue weighted by molar-refractivity contribution is -0.199. The van der Waals surface area contributed by atoms with Crippen LogP contribution >= 0.6 is 0 Å². The molecule has 1 aromatic heterocycles. The maximum absolute atomic E-state index is 13.2. The number of fused-ring (bicyclic) bond motifs is 3. The van der Waals surface area contributed by atoms with Gasteiger partial charge in [-0.3, -0.25) is 9.59 Å². The van der Waals surface area contributed by atoms with Gasteiger partial charge < -0.3 is 29.1 Å². The second-order valence-electron chi connectivity index (χ2n) is 12.6. The lowest BCUT2D eigenvalue weighted by atomic mass is 9.43. The van der Waals surface area contributed by atoms with Crippen LogP contribution in [0, 0.1) is 17.3 Å². The van der Waals surface area contributed by atoms with Crippen LogP contribution in [0.4, 0.5) is 0 Å². The molecule has 7 unspecified atom stereocenters. The van der Waals surface area contributed by atoms with Gasteiger partial charge in [0.2, 0.25) is 0 Å². The van der Waals surface area contributed by atoms with E-state index in [0.717, 1.165) is 48.6 Å². The summed E-state index contributed by atoms with van der Waals surface area (Å²) in [5.41, 5.74) is 1.53. The zero-order valence-corrected chi connectivity index (χ0v) is 21.7. The van der Waals surface area contributed by atoms with E-state index in [-0.39, 0.29) is 29.8 Å². The molecule has 9 heteroatoms. The number of furan rings is 1. The lowest BCUT2D eigenvalue weighted by Gasteiger charge is -2.64. The van der Waals surface area contributed by atoms with Crippen LogP contribution in [0.5, 0.6) is 0 Å². The Balaban J connectivity index is 1.12. The van der Waals surface area contributed by atoms with Gasteiger partial charge in [-0.05, 0) is 74.3 Å². The molecule has 0 spiro atoms. The van der Waals surface area contributed by atoms with Crippen molar-refractivity contribution in [3.05, 3.63) is 36.1 Å². The zero-order valence-electron chi connectivity index (χ0n) is 21.7. The van der Waals surface area contributed by atoms with Crippen molar-refractivity contribution < 1.29 is 28.1 Å². The average molecular weight is 506 g/mol. The highest BCUT2D eigenvalue weighted by Gasteiger charge is 2.68. The molecule has 3 saturated carbocycles. The first-order valence-electron chi connectivity index (χ1n) is 13.8. The monoisotopic (exact) mass is 506 g/mol. The number of ether oxygens (including phenoxy) is 1. The number of amides is 2. The number of hydrogen-bond acceptors (Lipinski definition) is 6. The van der Waals surface area contributed by atoms with Crippen LogP contribution in [-0.4, -0.2) is 54.8 Å². The Hall–Kier alpha value is -2.36. The average Bonchev–Trinajstić information content (AvgIpc) is 3.65. The van der Waals surface area contributed by atoms with E-state index in [1.165, 1.54) is 0 Å². The second kappa shape index (κ2) is 8.32. The van der Waals surface area contributed by atoms with Crippen molar-refractivity contribution in [2.24, 2.45) is 17.3 Å². The fourth-order valence-electron chi connectivity index (χ4n) is 7.97. The molecule has 2 N–H and O–H groups in total. The summed E-state index contributed by atoms with van der Waals surface area (Å²) in [5, 5.41) is 6.85. The number of nitrogens with one attached hydrogen (secondary N) is 2. The Morgan fingerprint density at radius 2 is 1.95 bits per heavy atom. The largest absolute Gasteiger partial charge is 0.482 e. The predicted molar refractivity (Wildman–Crippen MR) is 136 cm³/mol. The summed E-state index contributed by atoms with van der Waals surface area (Å²) in [6.45, 7) is 6.81. The summed E-state index contributed by atoms with van der Waals surface area (Å²) in [5.74, 6) is -0.816. The van der Waals surface area contributed by atoms with Crippen LogP contribution in [-0.2, 0) is 30.1 Å². The van der Waals surface area contributed by atoms with Crippen LogP contribution in [0.3, 0.4) is 0 Å². The van der Waals surface area contributed by atoms with Gasteiger partial charge in [0, 0.05) is 5.39 Å². The number of rotatable bonds is 5. The molecule has 4 heterocycles. The Labute approximate surface area is 217 Å². The Kier molecular flexibility index (Phi) is 5.34. The third-order valence-electron chi connectivity index (χ3n) is 10.2. The van der Waals surface area contributed by atoms with Gasteiger partial charge in [0.15, 0.2) is 0 Å². The maximum atomic E-state index is 13.2. The molecule has 8 rings (SSSR count). The van der Waals surface area contributed by atoms with Crippen LogP contribution < -0.4 is 10.6 Å². The van der Waals surface area contributed by atoms with Crippen LogP contribution in [0.25, 0.3) is 11.0 Å². The quantitative estimate of drug-likeness (QED) is 0.478. The highest BCUT2D eigenvalue weighted by molar-refractivity contribution is 6.49. The first-order valence-corrected chi connectivity index (χ1v) is 13.8. The third-order valence-corrected chi connectivity index (χ3v) is 10.2. The second-order valence-corrected chi connectivity index (χ2v) is 12.6. The van der Waals surface area contributed by atoms with E-state index in [9.17, 15) is 9.59 Å². The van der Waals surface area contributed by atoms with E-state index in [0.29, 0.717) is 18.3 Å². The van der Waals surface area contributed by atoms with Gasteiger partial charge in [0.05, 0.1) is 42.2 Å². The van der Waals surface area contributed by atoms with Gasteiger partial charge >= 0.3 is 18.9 Å². The smallest absolute Gasteiger partial charge is 0.464 e. The van der Waals surface area contributed by atoms with Gasteiger partial charge in [0.1, 0.15) is 5.58 Å². The molecule has 6 fully saturated rings. The number of carbonyl (C=O) groups excluding carboxylic acids is 2. The summed E-state index contributed by atoms with van der Waals surface area (Å²) in [4.78, 5) is 26.1. The van der Waals surface area contributed by atoms with Crippen LogP contribution in [0.2, 0.25) is 0 Å². The summed E-state index contributed by atoms with van der Waals surface area (Å²) in [6, 6.07) is 7.71. The Morgan fingerprint density at radius 3 is 2.70 bits per heavy atom. The van der Waals surface area contributed by atoms with Crippen LogP contribution in [0.15, 0.2) is 34.9 Å². The third kappa shape index (κ3) is 3.68. The van der Waals surface area contributed by atoms with E-state index in [1.807, 2.05) is 24.3 Å². The van der Waals surface area contributed by atoms with Crippen molar-refractivity contribution >= 4 is 29.9 Å². The summed E-state index contributed by atoms with van der Waals surface area (Å²) < 4.78 is 24.8. The van der Waals surface area contributed by atoms with Crippen molar-refractivity contribution in [1.82, 2.24) is 10.6 Å². The molecule has 3 aliphatic carbocycles. The summed E-state index contributed by atoms with van der Waals surface area (Å²) in [7, 11) is -0.651. The van der Waals surface area contributed by atoms with E-state index in [4.69, 9.17) is 18.5 Å². The number of carbonyl (C=O) groups is 2. The minimum absolute atomic E-state index is 0.00857. The molecule has 196 valence electrons. The minimum Gasteiger partial charge on any atom is -0.464 e. The fourth-order valence-corrected chi connectivity index (χ4v) is 7.97. The molecular formula is C28H35BN2O6. The Morgan fingerprint density at radius 1 is 1.11 bits per heavy atom. The van der Waals surface area contributed by atoms with E-state index >= 15 is 0 Å². The van der Waals surface area contributed by atoms with E-state index in [1.54, 1.807) is 6.26 Å². The number of para-hydroxylation sites is 1. The molecule has 8 atom stereocenters. The standard InChI is InChI=1S/C28H35BN2O6/c1-27(2)16-11-22(27)28(3)23(12-16)36-29(37-28)24(10-15-14-34-20-7-5-4-6-18(15)20)31-26(33)25(32)30-19-13-17-8-9-21(19)35-17/h4-7,14,16-17,19,21-24H,8-13H2,1-3H3,(H,30,32)(H,31,33)/t16?,17?,19?,21?,22?,23?,24?,28-/m0/s1. The van der Waals surface area contributed by atoms with E-state index in [2.05, 4.69) is 31.4 Å². The van der Waals surface area contributed by atoms with Crippen molar-refractivity contribution in [3.8, 4) is 0 Å². The molecule has 3 aliphatic heterocycles. The SMILES string of the molecule is CC1(C)C2CC3OB(C(Cc4coc5ccccc45)NC(=O)C(=O)NC4CC5CCC4O5)O[C@@]3(C)C1C2. The summed E-state index contributed by atoms with van der Waals surface area (Å²) in [6.07, 6.45) is 7.16. The zero-order chi connectivity index (χ0) is 25.5. The van der Waals surface area contributed by atoms with E-state index < -0.39 is 30.5 Å². The normalized spacial score (nSPS) is 37.8. The fraction of sp³-hybridized carbons (Fsp3) is 0.643. The molecule has 0 radical (unpaired) electrons. The van der Waals surface area contributed by atoms with Gasteiger partial charge in [-0.1, -0.05) is 32.0 Å². The van der Waals surface area contributed by atoms with Crippen molar-refractivity contribution in [2.45, 2.75) is 95.2 Å². The predicted octanol–water partition coefficient (Wildman–Crippen LogP) is 3.16. The van der Waals surface area contributed by atoms with Gasteiger partial charge in [0.25, 0.3) is 0 Å². The topological polar surface area (TPSA) is 99.0 Å². The highest BCUT2D eigenvalue weighted by atomic mass is 16.7. The molecular weight excluding hydrogens is 471 g/mol.